The van der Waals surface area contributed by atoms with Crippen molar-refractivity contribution in [3.63, 3.8) is 0 Å². The fourth-order valence-corrected chi connectivity index (χ4v) is 2.49. The van der Waals surface area contributed by atoms with Crippen LogP contribution in [0.4, 0.5) is 5.69 Å². The molecule has 1 aromatic rings. The Morgan fingerprint density at radius 1 is 1.24 bits per heavy atom. The van der Waals surface area contributed by atoms with Crippen LogP contribution in [0.1, 0.15) is 47.1 Å². The average Bonchev–Trinajstić information content (AvgIpc) is 2.41. The normalized spacial score (nSPS) is 16.7. The molecule has 0 saturated carbocycles. The molecule has 4 nitrogen and oxygen atoms in total. The summed E-state index contributed by atoms with van der Waals surface area (Å²) in [6.07, 6.45) is 0.633. The molecule has 0 bridgehead atoms. The highest BCUT2D eigenvalue weighted by Gasteiger charge is 2.47. The molecule has 0 saturated heterocycles. The zero-order valence-corrected chi connectivity index (χ0v) is 13.7. The second kappa shape index (κ2) is 5.88. The van der Waals surface area contributed by atoms with Crippen molar-refractivity contribution in [2.45, 2.75) is 53.5 Å². The van der Waals surface area contributed by atoms with Crippen molar-refractivity contribution in [2.24, 2.45) is 5.41 Å². The Labute approximate surface area is 126 Å². The van der Waals surface area contributed by atoms with E-state index in [0.29, 0.717) is 12.1 Å². The summed E-state index contributed by atoms with van der Waals surface area (Å²) in [4.78, 5) is 25.5. The maximum Gasteiger partial charge on any atom is 0.329 e. The summed E-state index contributed by atoms with van der Waals surface area (Å²) >= 11 is 0. The lowest BCUT2D eigenvalue weighted by Crippen LogP contribution is -2.59. The van der Waals surface area contributed by atoms with Gasteiger partial charge in [-0.2, -0.15) is 0 Å². The Hall–Kier alpha value is -1.84. The van der Waals surface area contributed by atoms with Gasteiger partial charge in [-0.3, -0.25) is 9.69 Å². The number of anilines is 1. The number of benzene rings is 1. The first-order chi connectivity index (χ1) is 9.68. The first-order valence-electron chi connectivity index (χ1n) is 7.34. The molecular formula is C17H25NO3. The van der Waals surface area contributed by atoms with Crippen molar-refractivity contribution >= 4 is 17.6 Å². The zero-order chi connectivity index (χ0) is 16.4. The van der Waals surface area contributed by atoms with Gasteiger partial charge >= 0.3 is 5.97 Å². The van der Waals surface area contributed by atoms with Gasteiger partial charge in [0.05, 0.1) is 0 Å². The van der Waals surface area contributed by atoms with E-state index in [9.17, 15) is 14.7 Å². The van der Waals surface area contributed by atoms with Crippen LogP contribution in [-0.4, -0.2) is 22.5 Å². The molecule has 0 aliphatic carbocycles. The van der Waals surface area contributed by atoms with Crippen molar-refractivity contribution in [3.05, 3.63) is 29.8 Å². The Morgan fingerprint density at radius 2 is 1.76 bits per heavy atom. The average molecular weight is 291 g/mol. The van der Waals surface area contributed by atoms with Crippen molar-refractivity contribution in [2.75, 3.05) is 4.90 Å². The molecule has 4 heteroatoms. The molecule has 116 valence electrons. The van der Waals surface area contributed by atoms with E-state index in [1.165, 1.54) is 4.90 Å². The third kappa shape index (κ3) is 2.94. The third-order valence-electron chi connectivity index (χ3n) is 3.73. The van der Waals surface area contributed by atoms with Gasteiger partial charge in [-0.15, -0.1) is 0 Å². The van der Waals surface area contributed by atoms with E-state index < -0.39 is 16.9 Å². The Balaban J connectivity index is 0.00000106. The van der Waals surface area contributed by atoms with Gasteiger partial charge in [0.25, 0.3) is 0 Å². The van der Waals surface area contributed by atoms with E-state index in [-0.39, 0.29) is 5.91 Å². The molecule has 0 aromatic heterocycles. The topological polar surface area (TPSA) is 57.6 Å². The van der Waals surface area contributed by atoms with E-state index in [1.54, 1.807) is 13.8 Å². The fourth-order valence-electron chi connectivity index (χ4n) is 2.49. The lowest BCUT2D eigenvalue weighted by atomic mass is 9.78. The van der Waals surface area contributed by atoms with Crippen LogP contribution in [0.2, 0.25) is 0 Å². The van der Waals surface area contributed by atoms with E-state index in [2.05, 4.69) is 0 Å². The Kier molecular flexibility index (Phi) is 4.82. The van der Waals surface area contributed by atoms with Crippen LogP contribution in [0.25, 0.3) is 0 Å². The van der Waals surface area contributed by atoms with E-state index in [4.69, 9.17) is 0 Å². The van der Waals surface area contributed by atoms with Crippen LogP contribution in [0, 0.1) is 5.41 Å². The maximum absolute atomic E-state index is 12.6. The van der Waals surface area contributed by atoms with Crippen molar-refractivity contribution in [1.29, 1.82) is 0 Å². The number of carbonyl (C=O) groups is 2. The van der Waals surface area contributed by atoms with Gasteiger partial charge in [0.2, 0.25) is 5.91 Å². The van der Waals surface area contributed by atoms with Gasteiger partial charge < -0.3 is 5.11 Å². The second-order valence-corrected chi connectivity index (χ2v) is 6.19. The molecule has 0 radical (unpaired) electrons. The van der Waals surface area contributed by atoms with E-state index in [0.717, 1.165) is 5.56 Å². The highest BCUT2D eigenvalue weighted by atomic mass is 16.4. The van der Waals surface area contributed by atoms with E-state index in [1.807, 2.05) is 52.0 Å². The van der Waals surface area contributed by atoms with Crippen LogP contribution in [-0.2, 0) is 16.0 Å². The first-order valence-corrected chi connectivity index (χ1v) is 7.34. The molecule has 21 heavy (non-hydrogen) atoms. The number of amides is 1. The van der Waals surface area contributed by atoms with Crippen LogP contribution < -0.4 is 4.90 Å². The fraction of sp³-hybridized carbons (Fsp3) is 0.529. The highest BCUT2D eigenvalue weighted by molar-refractivity contribution is 6.05. The first kappa shape index (κ1) is 17.2. The number of para-hydroxylation sites is 1. The second-order valence-electron chi connectivity index (χ2n) is 6.19. The highest BCUT2D eigenvalue weighted by Crippen LogP contribution is 2.40. The molecule has 1 heterocycles. The Bertz CT molecular complexity index is 547. The summed E-state index contributed by atoms with van der Waals surface area (Å²) in [7, 11) is 0. The lowest BCUT2D eigenvalue weighted by molar-refractivity contribution is -0.145. The van der Waals surface area contributed by atoms with Gasteiger partial charge in [-0.25, -0.2) is 4.79 Å². The van der Waals surface area contributed by atoms with Gasteiger partial charge in [0.1, 0.15) is 5.54 Å². The minimum Gasteiger partial charge on any atom is -0.480 e. The number of aliphatic carboxylic acids is 1. The van der Waals surface area contributed by atoms with Crippen LogP contribution >= 0.6 is 0 Å². The van der Waals surface area contributed by atoms with Gasteiger partial charge in [0.15, 0.2) is 0 Å². The number of hydrogen-bond acceptors (Lipinski definition) is 2. The predicted octanol–water partition coefficient (Wildman–Crippen LogP) is 3.49. The number of carbonyl (C=O) groups excluding carboxylic acids is 1. The van der Waals surface area contributed by atoms with Crippen molar-refractivity contribution < 1.29 is 14.7 Å². The molecule has 0 fully saturated rings. The molecule has 2 rings (SSSR count). The molecule has 1 aromatic carbocycles. The summed E-state index contributed by atoms with van der Waals surface area (Å²) in [5, 5.41) is 9.41. The molecule has 0 atom stereocenters. The number of nitrogens with zero attached hydrogens (tertiary/aromatic N) is 1. The van der Waals surface area contributed by atoms with Crippen molar-refractivity contribution in [1.82, 2.24) is 0 Å². The SMILES string of the molecule is CC.CC1(C)Cc2ccccc2N(C(C)(C)C(=O)O)C1=O. The quantitative estimate of drug-likeness (QED) is 0.907. The molecule has 0 spiro atoms. The van der Waals surface area contributed by atoms with Gasteiger partial charge in [-0.05, 0) is 31.9 Å². The largest absolute Gasteiger partial charge is 0.480 e. The summed E-state index contributed by atoms with van der Waals surface area (Å²) < 4.78 is 0. The molecular weight excluding hydrogens is 266 g/mol. The molecule has 0 unspecified atom stereocenters. The summed E-state index contributed by atoms with van der Waals surface area (Å²) in [5.41, 5.74) is -0.118. The number of rotatable bonds is 2. The number of carboxylic acids is 1. The molecule has 1 aliphatic heterocycles. The zero-order valence-electron chi connectivity index (χ0n) is 13.7. The molecule has 1 amide bonds. The third-order valence-corrected chi connectivity index (χ3v) is 3.73. The monoisotopic (exact) mass is 291 g/mol. The van der Waals surface area contributed by atoms with Gasteiger partial charge in [-0.1, -0.05) is 45.9 Å². The number of carboxylic acid groups (broad SMARTS) is 1. The lowest BCUT2D eigenvalue weighted by Gasteiger charge is -2.44. The summed E-state index contributed by atoms with van der Waals surface area (Å²) in [6.45, 7) is 10.8. The minimum absolute atomic E-state index is 0.140. The smallest absolute Gasteiger partial charge is 0.329 e. The van der Waals surface area contributed by atoms with Crippen LogP contribution in [0.5, 0.6) is 0 Å². The van der Waals surface area contributed by atoms with Gasteiger partial charge in [0, 0.05) is 11.1 Å². The summed E-state index contributed by atoms with van der Waals surface area (Å²) in [5.74, 6) is -1.15. The summed E-state index contributed by atoms with van der Waals surface area (Å²) in [6, 6.07) is 7.51. The maximum atomic E-state index is 12.6. The van der Waals surface area contributed by atoms with Crippen LogP contribution in [0.15, 0.2) is 24.3 Å². The number of hydrogen-bond donors (Lipinski definition) is 1. The Morgan fingerprint density at radius 3 is 2.29 bits per heavy atom. The van der Waals surface area contributed by atoms with Crippen LogP contribution in [0.3, 0.4) is 0 Å². The van der Waals surface area contributed by atoms with E-state index >= 15 is 0 Å². The standard InChI is InChI=1S/C15H19NO3.C2H6/c1-14(2)9-10-7-5-6-8-11(10)16(12(14)17)15(3,4)13(18)19;1-2/h5-8H,9H2,1-4H3,(H,18,19);1-2H3. The molecule has 1 aliphatic rings. The number of fused-ring (bicyclic) bond motifs is 1. The minimum atomic E-state index is -1.26. The van der Waals surface area contributed by atoms with Crippen molar-refractivity contribution in [3.8, 4) is 0 Å². The molecule has 1 N–H and O–H groups in total. The predicted molar refractivity (Wildman–Crippen MR) is 84.5 cm³/mol.